The van der Waals surface area contributed by atoms with E-state index >= 15 is 0 Å². The third-order valence-corrected chi connectivity index (χ3v) is 6.20. The Kier molecular flexibility index (Phi) is 4.75. The van der Waals surface area contributed by atoms with Gasteiger partial charge >= 0.3 is 0 Å². The Bertz CT molecular complexity index is 623. The second-order valence-electron chi connectivity index (χ2n) is 7.60. The van der Waals surface area contributed by atoms with Gasteiger partial charge < -0.3 is 9.64 Å². The van der Waals surface area contributed by atoms with Crippen LogP contribution < -0.4 is 10.9 Å². The summed E-state index contributed by atoms with van der Waals surface area (Å²) in [5, 5.41) is 0. The van der Waals surface area contributed by atoms with Gasteiger partial charge in [0.2, 0.25) is 5.91 Å². The highest BCUT2D eigenvalue weighted by molar-refractivity contribution is 5.80. The monoisotopic (exact) mass is 347 g/mol. The van der Waals surface area contributed by atoms with Crippen LogP contribution in [0.5, 0.6) is 0 Å². The molecule has 2 N–H and O–H groups in total. The number of benzene rings is 1. The van der Waals surface area contributed by atoms with E-state index in [4.69, 9.17) is 4.74 Å². The molecule has 25 heavy (non-hydrogen) atoms. The maximum absolute atomic E-state index is 13.6. The fourth-order valence-electron chi connectivity index (χ4n) is 4.48. The van der Waals surface area contributed by atoms with E-state index in [-0.39, 0.29) is 23.7 Å². The maximum Gasteiger partial charge on any atom is 0.229 e. The van der Waals surface area contributed by atoms with Crippen LogP contribution in [0, 0.1) is 17.2 Å². The first-order chi connectivity index (χ1) is 12.2. The summed E-state index contributed by atoms with van der Waals surface area (Å²) in [6.45, 7) is 3.93. The summed E-state index contributed by atoms with van der Waals surface area (Å²) in [5.74, 6) is -0.281. The van der Waals surface area contributed by atoms with Gasteiger partial charge in [0, 0.05) is 32.8 Å². The molecule has 2 unspecified atom stereocenters. The minimum atomic E-state index is -0.267. The van der Waals surface area contributed by atoms with E-state index in [0.29, 0.717) is 12.0 Å². The van der Waals surface area contributed by atoms with Crippen LogP contribution >= 0.6 is 0 Å². The summed E-state index contributed by atoms with van der Waals surface area (Å²) in [6.07, 6.45) is 4.38. The van der Waals surface area contributed by atoms with Gasteiger partial charge in [0.05, 0.1) is 12.0 Å². The van der Waals surface area contributed by atoms with E-state index in [1.54, 1.807) is 6.07 Å². The fourth-order valence-corrected chi connectivity index (χ4v) is 4.48. The minimum Gasteiger partial charge on any atom is -0.381 e. The highest BCUT2D eigenvalue weighted by Crippen LogP contribution is 2.41. The first-order valence-corrected chi connectivity index (χ1v) is 9.27. The largest absolute Gasteiger partial charge is 0.381 e. The van der Waals surface area contributed by atoms with Crippen molar-refractivity contribution < 1.29 is 13.9 Å². The standard InChI is InChI=1S/C19H26FN3O2/c20-15-3-1-2-14(12-15)17-16(13-21-22-17)18(24)23-8-4-19(5-9-23)6-10-25-11-7-19/h1-3,12,16-17,21-22H,4-11,13H2. The quantitative estimate of drug-likeness (QED) is 0.859. The van der Waals surface area contributed by atoms with Crippen molar-refractivity contribution in [1.29, 1.82) is 0 Å². The molecule has 1 aromatic rings. The second kappa shape index (κ2) is 7.02. The number of carbonyl (C=O) groups excluding carboxylic acids is 1. The SMILES string of the molecule is O=C(C1CNNC1c1cccc(F)c1)N1CCC2(CCOCC2)CC1. The van der Waals surface area contributed by atoms with E-state index < -0.39 is 0 Å². The van der Waals surface area contributed by atoms with Crippen LogP contribution in [0.3, 0.4) is 0 Å². The molecule has 3 aliphatic rings. The van der Waals surface area contributed by atoms with Crippen LogP contribution in [0.2, 0.25) is 0 Å². The lowest BCUT2D eigenvalue weighted by molar-refractivity contribution is -0.139. The van der Waals surface area contributed by atoms with Crippen molar-refractivity contribution in [1.82, 2.24) is 15.8 Å². The number of hydrogen-bond donors (Lipinski definition) is 2. The molecule has 0 aromatic heterocycles. The molecule has 0 bridgehead atoms. The molecule has 3 saturated heterocycles. The normalized spacial score (nSPS) is 29.1. The van der Waals surface area contributed by atoms with Gasteiger partial charge in [-0.05, 0) is 48.8 Å². The van der Waals surface area contributed by atoms with Crippen molar-refractivity contribution in [3.63, 3.8) is 0 Å². The first-order valence-electron chi connectivity index (χ1n) is 9.27. The molecule has 0 aliphatic carbocycles. The van der Waals surface area contributed by atoms with E-state index in [2.05, 4.69) is 10.9 Å². The number of likely N-dealkylation sites (tertiary alicyclic amines) is 1. The summed E-state index contributed by atoms with van der Waals surface area (Å²) in [4.78, 5) is 15.1. The average molecular weight is 347 g/mol. The smallest absolute Gasteiger partial charge is 0.229 e. The van der Waals surface area contributed by atoms with Gasteiger partial charge in [-0.3, -0.25) is 10.2 Å². The van der Waals surface area contributed by atoms with Gasteiger partial charge in [0.1, 0.15) is 5.82 Å². The van der Waals surface area contributed by atoms with Gasteiger partial charge in [-0.25, -0.2) is 9.82 Å². The lowest BCUT2D eigenvalue weighted by Gasteiger charge is -2.44. The van der Waals surface area contributed by atoms with Crippen molar-refractivity contribution in [3.05, 3.63) is 35.6 Å². The molecule has 1 amide bonds. The van der Waals surface area contributed by atoms with Gasteiger partial charge in [-0.2, -0.15) is 0 Å². The number of ether oxygens (including phenoxy) is 1. The summed E-state index contributed by atoms with van der Waals surface area (Å²) in [5.41, 5.74) is 7.43. The number of hydrazine groups is 1. The zero-order valence-electron chi connectivity index (χ0n) is 14.5. The lowest BCUT2D eigenvalue weighted by Crippen LogP contribution is -2.48. The Balaban J connectivity index is 1.42. The summed E-state index contributed by atoms with van der Waals surface area (Å²) in [7, 11) is 0. The predicted octanol–water partition coefficient (Wildman–Crippen LogP) is 2.01. The highest BCUT2D eigenvalue weighted by atomic mass is 19.1. The molecule has 3 aliphatic heterocycles. The van der Waals surface area contributed by atoms with Crippen LogP contribution in [-0.4, -0.2) is 43.7 Å². The molecule has 1 aromatic carbocycles. The average Bonchev–Trinajstić information content (AvgIpc) is 3.12. The third kappa shape index (κ3) is 3.43. The van der Waals surface area contributed by atoms with E-state index in [1.165, 1.54) is 12.1 Å². The molecule has 4 rings (SSSR count). The number of carbonyl (C=O) groups is 1. The number of amides is 1. The van der Waals surface area contributed by atoms with Gasteiger partial charge in [0.25, 0.3) is 0 Å². The molecule has 3 fully saturated rings. The minimum absolute atomic E-state index is 0.175. The molecule has 1 spiro atoms. The Labute approximate surface area is 147 Å². The molecule has 3 heterocycles. The van der Waals surface area contributed by atoms with Gasteiger partial charge in [-0.1, -0.05) is 12.1 Å². The van der Waals surface area contributed by atoms with E-state index in [1.807, 2.05) is 11.0 Å². The number of rotatable bonds is 2. The molecule has 0 radical (unpaired) electrons. The van der Waals surface area contributed by atoms with Gasteiger partial charge in [-0.15, -0.1) is 0 Å². The van der Waals surface area contributed by atoms with Crippen LogP contribution in [0.4, 0.5) is 4.39 Å². The number of nitrogens with one attached hydrogen (secondary N) is 2. The summed E-state index contributed by atoms with van der Waals surface area (Å²) >= 11 is 0. The fraction of sp³-hybridized carbons (Fsp3) is 0.632. The van der Waals surface area contributed by atoms with Crippen molar-refractivity contribution >= 4 is 5.91 Å². The van der Waals surface area contributed by atoms with Crippen LogP contribution in [0.1, 0.15) is 37.3 Å². The van der Waals surface area contributed by atoms with E-state index in [9.17, 15) is 9.18 Å². The second-order valence-corrected chi connectivity index (χ2v) is 7.60. The zero-order valence-corrected chi connectivity index (χ0v) is 14.5. The Morgan fingerprint density at radius 2 is 1.96 bits per heavy atom. The van der Waals surface area contributed by atoms with Gasteiger partial charge in [0.15, 0.2) is 0 Å². The zero-order chi connectivity index (χ0) is 17.3. The third-order valence-electron chi connectivity index (χ3n) is 6.20. The number of hydrogen-bond acceptors (Lipinski definition) is 4. The highest BCUT2D eigenvalue weighted by Gasteiger charge is 2.41. The Morgan fingerprint density at radius 3 is 2.68 bits per heavy atom. The predicted molar refractivity (Wildman–Crippen MR) is 92.1 cm³/mol. The number of piperidine rings is 1. The molecule has 136 valence electrons. The molecule has 5 nitrogen and oxygen atoms in total. The lowest BCUT2D eigenvalue weighted by atomic mass is 9.72. The summed E-state index contributed by atoms with van der Waals surface area (Å²) < 4.78 is 19.0. The van der Waals surface area contributed by atoms with E-state index in [0.717, 1.165) is 57.6 Å². The Morgan fingerprint density at radius 1 is 1.20 bits per heavy atom. The summed E-state index contributed by atoms with van der Waals surface area (Å²) in [6, 6.07) is 6.34. The first kappa shape index (κ1) is 16.9. The van der Waals surface area contributed by atoms with Crippen LogP contribution in [0.15, 0.2) is 24.3 Å². The molecule has 6 heteroatoms. The molecular formula is C19H26FN3O2. The van der Waals surface area contributed by atoms with Crippen molar-refractivity contribution in [2.24, 2.45) is 11.3 Å². The van der Waals surface area contributed by atoms with Crippen molar-refractivity contribution in [3.8, 4) is 0 Å². The number of nitrogens with zero attached hydrogens (tertiary/aromatic N) is 1. The Hall–Kier alpha value is -1.50. The van der Waals surface area contributed by atoms with Crippen molar-refractivity contribution in [2.75, 3.05) is 32.8 Å². The van der Waals surface area contributed by atoms with Crippen LogP contribution in [0.25, 0.3) is 0 Å². The number of halogens is 1. The molecule has 0 saturated carbocycles. The molecular weight excluding hydrogens is 321 g/mol. The van der Waals surface area contributed by atoms with Crippen molar-refractivity contribution in [2.45, 2.75) is 31.7 Å². The topological polar surface area (TPSA) is 53.6 Å². The maximum atomic E-state index is 13.6. The molecule has 2 atom stereocenters. The van der Waals surface area contributed by atoms with Crippen LogP contribution in [-0.2, 0) is 9.53 Å².